The largest absolute Gasteiger partial charge is 0.342 e. The molecular formula is C23H31N5O3. The molecule has 5 rings (SSSR count). The Morgan fingerprint density at radius 2 is 2.03 bits per heavy atom. The number of rotatable bonds is 4. The summed E-state index contributed by atoms with van der Waals surface area (Å²) in [7, 11) is 0. The molecule has 1 N–H and O–H groups in total. The summed E-state index contributed by atoms with van der Waals surface area (Å²) in [6.45, 7) is 6.50. The van der Waals surface area contributed by atoms with Crippen molar-refractivity contribution >= 4 is 17.5 Å². The lowest BCUT2D eigenvalue weighted by Crippen LogP contribution is -2.41. The van der Waals surface area contributed by atoms with E-state index in [1.54, 1.807) is 0 Å². The fourth-order valence-corrected chi connectivity index (χ4v) is 4.90. The van der Waals surface area contributed by atoms with Gasteiger partial charge in [-0.15, -0.1) is 0 Å². The number of carbonyl (C=O) groups is 2. The number of hydrogen-bond donors (Lipinski definition) is 1. The lowest BCUT2D eigenvalue weighted by atomic mass is 9.93. The summed E-state index contributed by atoms with van der Waals surface area (Å²) < 4.78 is 1.52. The molecule has 2 aliphatic heterocycles. The zero-order valence-electron chi connectivity index (χ0n) is 18.4. The molecule has 0 aromatic carbocycles. The highest BCUT2D eigenvalue weighted by molar-refractivity contribution is 5.81. The van der Waals surface area contributed by atoms with E-state index in [4.69, 9.17) is 4.98 Å². The van der Waals surface area contributed by atoms with Crippen LogP contribution in [0.25, 0.3) is 5.65 Å². The van der Waals surface area contributed by atoms with Gasteiger partial charge < -0.3 is 9.80 Å². The van der Waals surface area contributed by atoms with E-state index in [9.17, 15) is 14.4 Å². The number of nitrogens with one attached hydrogen (secondary N) is 1. The molecule has 2 aromatic rings. The Morgan fingerprint density at radius 1 is 1.23 bits per heavy atom. The van der Waals surface area contributed by atoms with Crippen LogP contribution >= 0.6 is 0 Å². The first-order valence-electron chi connectivity index (χ1n) is 11.7. The van der Waals surface area contributed by atoms with Crippen LogP contribution in [-0.4, -0.2) is 55.8 Å². The molecule has 2 fully saturated rings. The fraction of sp³-hybridized carbons (Fsp3) is 0.652. The number of H-pyrrole nitrogens is 1. The van der Waals surface area contributed by atoms with Crippen LogP contribution in [0.3, 0.4) is 0 Å². The first kappa shape index (κ1) is 20.3. The number of fused-ring (bicyclic) bond motifs is 2. The molecule has 2 aromatic heterocycles. The van der Waals surface area contributed by atoms with Crippen molar-refractivity contribution in [2.75, 3.05) is 19.6 Å². The van der Waals surface area contributed by atoms with Crippen molar-refractivity contribution < 1.29 is 9.59 Å². The predicted molar refractivity (Wildman–Crippen MR) is 116 cm³/mol. The molecule has 0 unspecified atom stereocenters. The monoisotopic (exact) mass is 425 g/mol. The standard InChI is InChI=1S/C23H31N5O3/c1-3-14(2)21(29)26-9-4-5-16(12-26)19-11-20-24-18-8-10-27(22(30)15-6-7-15)13-17(18)23(31)28(20)25-19/h11,14-16,25H,3-10,12-13H2,1-2H3/t14-,16-/m0/s1. The molecule has 3 aliphatic rings. The number of aromatic amines is 1. The van der Waals surface area contributed by atoms with Gasteiger partial charge in [-0.2, -0.15) is 0 Å². The smallest absolute Gasteiger partial charge is 0.277 e. The molecule has 1 saturated carbocycles. The summed E-state index contributed by atoms with van der Waals surface area (Å²) in [6, 6.07) is 1.96. The Morgan fingerprint density at radius 3 is 2.77 bits per heavy atom. The first-order chi connectivity index (χ1) is 15.0. The second kappa shape index (κ2) is 7.80. The van der Waals surface area contributed by atoms with Crippen LogP contribution in [-0.2, 0) is 22.6 Å². The van der Waals surface area contributed by atoms with Gasteiger partial charge in [0.05, 0.1) is 17.8 Å². The molecule has 2 atom stereocenters. The van der Waals surface area contributed by atoms with E-state index < -0.39 is 0 Å². The summed E-state index contributed by atoms with van der Waals surface area (Å²) in [5.41, 5.74) is 2.92. The topological polar surface area (TPSA) is 90.8 Å². The number of likely N-dealkylation sites (tertiary alicyclic amines) is 1. The highest BCUT2D eigenvalue weighted by atomic mass is 16.2. The Kier molecular flexibility index (Phi) is 5.10. The van der Waals surface area contributed by atoms with E-state index in [0.717, 1.165) is 50.0 Å². The predicted octanol–water partition coefficient (Wildman–Crippen LogP) is 2.07. The van der Waals surface area contributed by atoms with Crippen LogP contribution in [0.15, 0.2) is 10.9 Å². The number of piperidine rings is 1. The second-order valence-electron chi connectivity index (χ2n) is 9.46. The van der Waals surface area contributed by atoms with Crippen LogP contribution in [0.1, 0.15) is 68.8 Å². The van der Waals surface area contributed by atoms with E-state index in [1.807, 2.05) is 29.7 Å². The Bertz CT molecular complexity index is 1080. The quantitative estimate of drug-likeness (QED) is 0.812. The van der Waals surface area contributed by atoms with Gasteiger partial charge in [0.25, 0.3) is 5.56 Å². The van der Waals surface area contributed by atoms with Gasteiger partial charge in [0.15, 0.2) is 5.65 Å². The van der Waals surface area contributed by atoms with E-state index in [0.29, 0.717) is 37.3 Å². The number of hydrogen-bond acceptors (Lipinski definition) is 4. The van der Waals surface area contributed by atoms with Gasteiger partial charge in [-0.1, -0.05) is 13.8 Å². The summed E-state index contributed by atoms with van der Waals surface area (Å²) in [5, 5.41) is 3.27. The van der Waals surface area contributed by atoms with Crippen LogP contribution in [0.4, 0.5) is 0 Å². The van der Waals surface area contributed by atoms with Crippen molar-refractivity contribution in [3.05, 3.63) is 33.4 Å². The van der Waals surface area contributed by atoms with Gasteiger partial charge >= 0.3 is 0 Å². The number of aromatic nitrogens is 3. The van der Waals surface area contributed by atoms with Gasteiger partial charge in [-0.05, 0) is 32.1 Å². The second-order valence-corrected chi connectivity index (χ2v) is 9.46. The summed E-state index contributed by atoms with van der Waals surface area (Å²) in [4.78, 5) is 46.9. The third kappa shape index (κ3) is 3.66. The van der Waals surface area contributed by atoms with Crippen molar-refractivity contribution in [1.82, 2.24) is 24.4 Å². The van der Waals surface area contributed by atoms with Crippen molar-refractivity contribution in [2.24, 2.45) is 11.8 Å². The molecule has 0 bridgehead atoms. The van der Waals surface area contributed by atoms with Crippen molar-refractivity contribution in [3.8, 4) is 0 Å². The molecule has 2 amide bonds. The van der Waals surface area contributed by atoms with Crippen LogP contribution in [0.5, 0.6) is 0 Å². The highest BCUT2D eigenvalue weighted by Gasteiger charge is 2.36. The Balaban J connectivity index is 1.40. The van der Waals surface area contributed by atoms with E-state index in [2.05, 4.69) is 5.10 Å². The van der Waals surface area contributed by atoms with Crippen molar-refractivity contribution in [3.63, 3.8) is 0 Å². The lowest BCUT2D eigenvalue weighted by molar-refractivity contribution is -0.136. The minimum atomic E-state index is -0.108. The van der Waals surface area contributed by atoms with Gasteiger partial charge in [-0.3, -0.25) is 19.5 Å². The SMILES string of the molecule is CC[C@H](C)C(=O)N1CCC[C@H](c2cc3nc4c(c(=O)n3[nH]2)CN(C(=O)C2CC2)CC4)C1. The van der Waals surface area contributed by atoms with Crippen molar-refractivity contribution in [2.45, 2.75) is 64.8 Å². The molecule has 1 aliphatic carbocycles. The molecule has 31 heavy (non-hydrogen) atoms. The molecule has 1 saturated heterocycles. The molecule has 0 spiro atoms. The maximum atomic E-state index is 13.2. The number of amides is 2. The number of carbonyl (C=O) groups excluding carboxylic acids is 2. The Hall–Kier alpha value is -2.64. The number of nitrogens with zero attached hydrogens (tertiary/aromatic N) is 4. The summed E-state index contributed by atoms with van der Waals surface area (Å²) >= 11 is 0. The zero-order valence-corrected chi connectivity index (χ0v) is 18.4. The summed E-state index contributed by atoms with van der Waals surface area (Å²) in [5.74, 6) is 0.766. The van der Waals surface area contributed by atoms with Gasteiger partial charge in [0, 0.05) is 55.6 Å². The molecule has 166 valence electrons. The molecule has 0 radical (unpaired) electrons. The lowest BCUT2D eigenvalue weighted by Gasteiger charge is -2.33. The average Bonchev–Trinajstić information content (AvgIpc) is 3.56. The molecule has 4 heterocycles. The molecular weight excluding hydrogens is 394 g/mol. The van der Waals surface area contributed by atoms with E-state index in [-0.39, 0.29) is 35.1 Å². The zero-order chi connectivity index (χ0) is 21.7. The normalized spacial score (nSPS) is 22.5. The van der Waals surface area contributed by atoms with Crippen LogP contribution in [0, 0.1) is 11.8 Å². The fourth-order valence-electron chi connectivity index (χ4n) is 4.90. The highest BCUT2D eigenvalue weighted by Crippen LogP contribution is 2.32. The van der Waals surface area contributed by atoms with Crippen LogP contribution < -0.4 is 5.56 Å². The minimum absolute atomic E-state index is 0.0405. The maximum absolute atomic E-state index is 13.2. The third-order valence-electron chi connectivity index (χ3n) is 7.23. The minimum Gasteiger partial charge on any atom is -0.342 e. The van der Waals surface area contributed by atoms with Gasteiger partial charge in [0.1, 0.15) is 0 Å². The Labute approximate surface area is 181 Å². The first-order valence-corrected chi connectivity index (χ1v) is 11.7. The summed E-state index contributed by atoms with van der Waals surface area (Å²) in [6.07, 6.45) is 5.35. The third-order valence-corrected chi connectivity index (χ3v) is 7.23. The van der Waals surface area contributed by atoms with E-state index in [1.165, 1.54) is 4.52 Å². The van der Waals surface area contributed by atoms with Gasteiger partial charge in [0.2, 0.25) is 11.8 Å². The van der Waals surface area contributed by atoms with E-state index >= 15 is 0 Å². The molecule has 8 heteroatoms. The molecule has 8 nitrogen and oxygen atoms in total. The maximum Gasteiger partial charge on any atom is 0.277 e. The average molecular weight is 426 g/mol. The van der Waals surface area contributed by atoms with Gasteiger partial charge in [-0.25, -0.2) is 9.50 Å². The van der Waals surface area contributed by atoms with Crippen molar-refractivity contribution in [1.29, 1.82) is 0 Å². The van der Waals surface area contributed by atoms with Crippen LogP contribution in [0.2, 0.25) is 0 Å².